The maximum absolute atomic E-state index is 10.9. The normalized spacial score (nSPS) is 34.8. The van der Waals surface area contributed by atoms with Crippen molar-refractivity contribution >= 4 is 28.6 Å². The van der Waals surface area contributed by atoms with Crippen molar-refractivity contribution in [2.75, 3.05) is 12.3 Å². The van der Waals surface area contributed by atoms with Crippen LogP contribution in [0.5, 0.6) is 0 Å². The fourth-order valence-corrected chi connectivity index (χ4v) is 4.64. The maximum Gasteiger partial charge on any atom is 0.195 e. The van der Waals surface area contributed by atoms with E-state index in [4.69, 9.17) is 22.1 Å². The topological polar surface area (TPSA) is 140 Å². The first kappa shape index (κ1) is 16.9. The van der Waals surface area contributed by atoms with Crippen LogP contribution in [-0.2, 0) is 10.5 Å². The first-order chi connectivity index (χ1) is 11.9. The number of aliphatic hydroxyl groups excluding tert-OH is 3. The van der Waals surface area contributed by atoms with Gasteiger partial charge in [0, 0.05) is 0 Å². The average molecular weight is 370 g/mol. The highest BCUT2D eigenvalue weighted by Crippen LogP contribution is 2.55. The molecular formula is C15H20ClN5O4. The van der Waals surface area contributed by atoms with Crippen LogP contribution in [0.1, 0.15) is 25.7 Å². The quantitative estimate of drug-likeness (QED) is 0.542. The Morgan fingerprint density at radius 1 is 1.28 bits per heavy atom. The van der Waals surface area contributed by atoms with E-state index in [-0.39, 0.29) is 5.82 Å². The van der Waals surface area contributed by atoms with Gasteiger partial charge in [-0.25, -0.2) is 15.0 Å². The van der Waals surface area contributed by atoms with Crippen molar-refractivity contribution in [2.24, 2.45) is 0 Å². The molecule has 0 radical (unpaired) electrons. The molecule has 1 aliphatic heterocycles. The van der Waals surface area contributed by atoms with E-state index >= 15 is 0 Å². The fraction of sp³-hybridized carbons (Fsp3) is 0.667. The van der Waals surface area contributed by atoms with E-state index in [0.717, 1.165) is 12.8 Å². The standard InChI is InChI=1S/C15H20ClN5O4/c16-14(3-1-2-4-14)15(11(24)10(23)8(5-22)25-15)21-7-20-9-12(17)18-6-19-13(9)21/h6-8,10-11,22-24H,1-5H2,(H2,17,18,19)/t8-,10-,11-,15+/m1/s1. The van der Waals surface area contributed by atoms with Crippen LogP contribution in [0.4, 0.5) is 5.82 Å². The summed E-state index contributed by atoms with van der Waals surface area (Å²) in [4.78, 5) is 11.4. The van der Waals surface area contributed by atoms with Crippen molar-refractivity contribution in [1.82, 2.24) is 19.5 Å². The molecule has 1 saturated heterocycles. The molecule has 5 N–H and O–H groups in total. The predicted octanol–water partition coefficient (Wildman–Crippen LogP) is -0.274. The Labute approximate surface area is 148 Å². The van der Waals surface area contributed by atoms with E-state index in [1.54, 1.807) is 0 Å². The largest absolute Gasteiger partial charge is 0.394 e. The highest BCUT2D eigenvalue weighted by molar-refractivity contribution is 6.25. The summed E-state index contributed by atoms with van der Waals surface area (Å²) >= 11 is 6.95. The molecule has 10 heteroatoms. The summed E-state index contributed by atoms with van der Waals surface area (Å²) in [6.07, 6.45) is 1.99. The lowest BCUT2D eigenvalue weighted by Crippen LogP contribution is -2.58. The predicted molar refractivity (Wildman–Crippen MR) is 88.7 cm³/mol. The van der Waals surface area contributed by atoms with Gasteiger partial charge in [0.15, 0.2) is 17.2 Å². The lowest BCUT2D eigenvalue weighted by molar-refractivity contribution is -0.170. The van der Waals surface area contributed by atoms with Crippen LogP contribution in [0, 0.1) is 0 Å². The molecule has 0 unspecified atom stereocenters. The second-order valence-corrected chi connectivity index (χ2v) is 7.41. The molecule has 2 aromatic heterocycles. The third kappa shape index (κ3) is 2.13. The van der Waals surface area contributed by atoms with Crippen molar-refractivity contribution in [1.29, 1.82) is 0 Å². The summed E-state index contributed by atoms with van der Waals surface area (Å²) in [7, 11) is 0. The summed E-state index contributed by atoms with van der Waals surface area (Å²) < 4.78 is 7.57. The van der Waals surface area contributed by atoms with Crippen LogP contribution in [0.25, 0.3) is 11.2 Å². The van der Waals surface area contributed by atoms with Crippen LogP contribution in [0.3, 0.4) is 0 Å². The molecule has 3 heterocycles. The fourth-order valence-electron chi connectivity index (χ4n) is 4.13. The van der Waals surface area contributed by atoms with Gasteiger partial charge in [-0.05, 0) is 12.8 Å². The van der Waals surface area contributed by atoms with Crippen molar-refractivity contribution in [3.63, 3.8) is 0 Å². The molecule has 4 rings (SSSR count). The number of ether oxygens (including phenoxy) is 1. The van der Waals surface area contributed by atoms with Crippen molar-refractivity contribution in [3.05, 3.63) is 12.7 Å². The lowest BCUT2D eigenvalue weighted by atomic mass is 9.86. The molecule has 0 spiro atoms. The smallest absolute Gasteiger partial charge is 0.195 e. The van der Waals surface area contributed by atoms with Crippen molar-refractivity contribution in [2.45, 2.75) is 54.6 Å². The number of nitrogens with zero attached hydrogens (tertiary/aromatic N) is 4. The van der Waals surface area contributed by atoms with E-state index in [0.29, 0.717) is 24.0 Å². The number of hydrogen-bond acceptors (Lipinski definition) is 8. The van der Waals surface area contributed by atoms with Gasteiger partial charge in [0.1, 0.15) is 30.2 Å². The molecule has 2 fully saturated rings. The molecule has 0 bridgehead atoms. The van der Waals surface area contributed by atoms with Gasteiger partial charge in [-0.15, -0.1) is 11.6 Å². The number of alkyl halides is 1. The minimum atomic E-state index is -1.52. The molecule has 9 nitrogen and oxygen atoms in total. The minimum Gasteiger partial charge on any atom is -0.394 e. The zero-order valence-corrected chi connectivity index (χ0v) is 14.2. The molecule has 2 aliphatic rings. The zero-order valence-electron chi connectivity index (χ0n) is 13.4. The van der Waals surface area contributed by atoms with E-state index in [1.807, 2.05) is 0 Å². The lowest BCUT2D eigenvalue weighted by Gasteiger charge is -2.44. The molecule has 136 valence electrons. The number of hydrogen-bond donors (Lipinski definition) is 4. The van der Waals surface area contributed by atoms with Crippen molar-refractivity contribution < 1.29 is 20.1 Å². The number of nitrogens with two attached hydrogens (primary N) is 1. The Balaban J connectivity index is 1.97. The van der Waals surface area contributed by atoms with E-state index < -0.39 is 35.5 Å². The van der Waals surface area contributed by atoms with Crippen LogP contribution in [0.15, 0.2) is 12.7 Å². The molecule has 0 aromatic carbocycles. The number of aliphatic hydroxyl groups is 3. The third-order valence-corrected chi connectivity index (χ3v) is 6.02. The Morgan fingerprint density at radius 3 is 2.64 bits per heavy atom. The van der Waals surface area contributed by atoms with E-state index in [1.165, 1.54) is 17.2 Å². The number of nitrogen functional groups attached to an aromatic ring is 1. The van der Waals surface area contributed by atoms with Crippen LogP contribution < -0.4 is 5.73 Å². The average Bonchev–Trinajstić information content (AvgIpc) is 3.28. The Bertz CT molecular complexity index is 795. The van der Waals surface area contributed by atoms with Crippen LogP contribution in [0.2, 0.25) is 0 Å². The number of rotatable bonds is 3. The van der Waals surface area contributed by atoms with Gasteiger partial charge in [-0.3, -0.25) is 4.57 Å². The van der Waals surface area contributed by atoms with Crippen molar-refractivity contribution in [3.8, 4) is 0 Å². The third-order valence-electron chi connectivity index (χ3n) is 5.37. The summed E-state index contributed by atoms with van der Waals surface area (Å²) in [5.41, 5.74) is 5.05. The molecular weight excluding hydrogens is 350 g/mol. The van der Waals surface area contributed by atoms with Crippen LogP contribution >= 0.6 is 11.6 Å². The minimum absolute atomic E-state index is 0.195. The molecule has 4 atom stereocenters. The SMILES string of the molecule is Nc1ncnc2c1ncn2[C@]1(C2(Cl)CCCC2)O[C@H](CO)[C@@H](O)[C@H]1O. The summed E-state index contributed by atoms with van der Waals surface area (Å²) in [5.74, 6) is 0.195. The molecule has 0 amide bonds. The molecule has 25 heavy (non-hydrogen) atoms. The highest BCUT2D eigenvalue weighted by atomic mass is 35.5. The van der Waals surface area contributed by atoms with Gasteiger partial charge in [-0.2, -0.15) is 0 Å². The van der Waals surface area contributed by atoms with Gasteiger partial charge in [-0.1, -0.05) is 12.8 Å². The Morgan fingerprint density at radius 2 is 2.00 bits per heavy atom. The summed E-state index contributed by atoms with van der Waals surface area (Å²) in [6.45, 7) is -0.448. The number of aromatic nitrogens is 4. The van der Waals surface area contributed by atoms with E-state index in [2.05, 4.69) is 15.0 Å². The number of halogens is 1. The number of anilines is 1. The molecule has 1 saturated carbocycles. The first-order valence-corrected chi connectivity index (χ1v) is 8.60. The van der Waals surface area contributed by atoms with Gasteiger partial charge in [0.05, 0.1) is 17.8 Å². The van der Waals surface area contributed by atoms with Crippen LogP contribution in [-0.4, -0.2) is 64.6 Å². The number of fused-ring (bicyclic) bond motifs is 1. The second-order valence-electron chi connectivity index (χ2n) is 6.69. The Kier molecular flexibility index (Phi) is 3.89. The first-order valence-electron chi connectivity index (χ1n) is 8.22. The van der Waals surface area contributed by atoms with Gasteiger partial charge < -0.3 is 25.8 Å². The maximum atomic E-state index is 10.9. The second kappa shape index (κ2) is 5.75. The Hall–Kier alpha value is -1.52. The van der Waals surface area contributed by atoms with Gasteiger partial charge >= 0.3 is 0 Å². The number of imidazole rings is 1. The molecule has 1 aliphatic carbocycles. The van der Waals surface area contributed by atoms with Gasteiger partial charge in [0.25, 0.3) is 0 Å². The van der Waals surface area contributed by atoms with Gasteiger partial charge in [0.2, 0.25) is 0 Å². The monoisotopic (exact) mass is 369 g/mol. The summed E-state index contributed by atoms with van der Waals surface area (Å²) in [5, 5.41) is 30.9. The highest BCUT2D eigenvalue weighted by Gasteiger charge is 2.66. The molecule has 2 aromatic rings. The van der Waals surface area contributed by atoms with E-state index in [9.17, 15) is 15.3 Å². The zero-order chi connectivity index (χ0) is 17.8. The summed E-state index contributed by atoms with van der Waals surface area (Å²) in [6, 6.07) is 0.